The fraction of sp³-hybridized carbons (Fsp3) is 0.150. The van der Waals surface area contributed by atoms with Crippen molar-refractivity contribution in [2.24, 2.45) is 0 Å². The first kappa shape index (κ1) is 16.5. The Balaban J connectivity index is 1.45. The molecule has 1 amide bonds. The van der Waals surface area contributed by atoms with Crippen LogP contribution < -0.4 is 5.32 Å². The lowest BCUT2D eigenvalue weighted by Gasteiger charge is -2.28. The number of aromatic nitrogens is 2. The fourth-order valence-corrected chi connectivity index (χ4v) is 3.15. The predicted molar refractivity (Wildman–Crippen MR) is 102 cm³/mol. The molecule has 2 aromatic carbocycles. The molecule has 0 atom stereocenters. The third-order valence-corrected chi connectivity index (χ3v) is 4.67. The van der Waals surface area contributed by atoms with Crippen molar-refractivity contribution in [1.29, 1.82) is 0 Å². The highest BCUT2D eigenvalue weighted by molar-refractivity contribution is 6.30. The smallest absolute Gasteiger partial charge is 0.274 e. The molecule has 130 valence electrons. The maximum Gasteiger partial charge on any atom is 0.274 e. The van der Waals surface area contributed by atoms with E-state index < -0.39 is 0 Å². The minimum atomic E-state index is -0.0926. The summed E-state index contributed by atoms with van der Waals surface area (Å²) in [4.78, 5) is 14.5. The highest BCUT2D eigenvalue weighted by Crippen LogP contribution is 2.21. The molecule has 2 heterocycles. The van der Waals surface area contributed by atoms with E-state index in [1.807, 2.05) is 29.2 Å². The second-order valence-corrected chi connectivity index (χ2v) is 6.62. The number of carbonyl (C=O) groups is 1. The lowest BCUT2D eigenvalue weighted by atomic mass is 10.00. The monoisotopic (exact) mass is 364 g/mol. The van der Waals surface area contributed by atoms with Crippen LogP contribution >= 0.6 is 11.6 Å². The molecule has 0 aliphatic carbocycles. The first-order valence-electron chi connectivity index (χ1n) is 8.41. The average molecular weight is 365 g/mol. The molecule has 0 unspecified atom stereocenters. The highest BCUT2D eigenvalue weighted by atomic mass is 35.5. The highest BCUT2D eigenvalue weighted by Gasteiger charge is 2.22. The zero-order valence-electron chi connectivity index (χ0n) is 14.0. The van der Waals surface area contributed by atoms with Gasteiger partial charge in [0.25, 0.3) is 5.91 Å². The lowest BCUT2D eigenvalue weighted by molar-refractivity contribution is 0.0727. The van der Waals surface area contributed by atoms with E-state index in [9.17, 15) is 4.79 Å². The van der Waals surface area contributed by atoms with Crippen LogP contribution in [0.4, 0.5) is 11.5 Å². The standard InChI is InChI=1S/C20H17ClN4O/c21-16-5-7-17(8-6-16)22-19-10-9-18(23-24-19)20(26)25-12-11-14-3-1-2-4-15(14)13-25/h1-10H,11-13H2,(H,22,24). The second-order valence-electron chi connectivity index (χ2n) is 6.18. The number of amides is 1. The Labute approximate surface area is 156 Å². The van der Waals surface area contributed by atoms with Crippen LogP contribution in [0.3, 0.4) is 0 Å². The van der Waals surface area contributed by atoms with Crippen molar-refractivity contribution in [3.05, 3.63) is 82.5 Å². The van der Waals surface area contributed by atoms with E-state index >= 15 is 0 Å². The molecule has 0 radical (unpaired) electrons. The Bertz CT molecular complexity index is 925. The van der Waals surface area contributed by atoms with Crippen LogP contribution in [0.25, 0.3) is 0 Å². The summed E-state index contributed by atoms with van der Waals surface area (Å²) in [6, 6.07) is 19.0. The van der Waals surface area contributed by atoms with E-state index in [2.05, 4.69) is 27.6 Å². The summed E-state index contributed by atoms with van der Waals surface area (Å²) in [7, 11) is 0. The van der Waals surface area contributed by atoms with Crippen LogP contribution in [-0.4, -0.2) is 27.5 Å². The number of halogens is 1. The van der Waals surface area contributed by atoms with Gasteiger partial charge in [0.05, 0.1) is 0 Å². The van der Waals surface area contributed by atoms with E-state index in [4.69, 9.17) is 11.6 Å². The van der Waals surface area contributed by atoms with Gasteiger partial charge in [-0.05, 0) is 53.9 Å². The summed E-state index contributed by atoms with van der Waals surface area (Å²) < 4.78 is 0. The maximum atomic E-state index is 12.7. The van der Waals surface area contributed by atoms with Crippen molar-refractivity contribution in [3.63, 3.8) is 0 Å². The number of fused-ring (bicyclic) bond motifs is 1. The van der Waals surface area contributed by atoms with Gasteiger partial charge in [-0.15, -0.1) is 10.2 Å². The van der Waals surface area contributed by atoms with Crippen molar-refractivity contribution in [2.45, 2.75) is 13.0 Å². The zero-order chi connectivity index (χ0) is 17.9. The molecule has 6 heteroatoms. The number of nitrogens with one attached hydrogen (secondary N) is 1. The Morgan fingerprint density at radius 2 is 1.73 bits per heavy atom. The molecule has 0 fully saturated rings. The number of hydrogen-bond acceptors (Lipinski definition) is 4. The van der Waals surface area contributed by atoms with Gasteiger partial charge in [0, 0.05) is 23.8 Å². The van der Waals surface area contributed by atoms with Crippen LogP contribution in [0.2, 0.25) is 5.02 Å². The molecule has 5 nitrogen and oxygen atoms in total. The van der Waals surface area contributed by atoms with Crippen molar-refractivity contribution in [2.75, 3.05) is 11.9 Å². The summed E-state index contributed by atoms with van der Waals surface area (Å²) in [6.45, 7) is 1.31. The van der Waals surface area contributed by atoms with Gasteiger partial charge in [0.1, 0.15) is 0 Å². The van der Waals surface area contributed by atoms with Crippen LogP contribution in [0.15, 0.2) is 60.7 Å². The van der Waals surface area contributed by atoms with E-state index in [1.54, 1.807) is 24.3 Å². The molecule has 1 aliphatic rings. The number of benzene rings is 2. The van der Waals surface area contributed by atoms with Gasteiger partial charge in [-0.1, -0.05) is 35.9 Å². The average Bonchev–Trinajstić information content (AvgIpc) is 2.69. The fourth-order valence-electron chi connectivity index (χ4n) is 3.03. The summed E-state index contributed by atoms with van der Waals surface area (Å²) in [5, 5.41) is 12.0. The molecular weight excluding hydrogens is 348 g/mol. The van der Waals surface area contributed by atoms with Crippen LogP contribution in [-0.2, 0) is 13.0 Å². The van der Waals surface area contributed by atoms with E-state index in [0.717, 1.165) is 12.1 Å². The lowest BCUT2D eigenvalue weighted by Crippen LogP contribution is -2.36. The molecule has 4 rings (SSSR count). The largest absolute Gasteiger partial charge is 0.339 e. The van der Waals surface area contributed by atoms with Crippen LogP contribution in [0, 0.1) is 0 Å². The number of carbonyl (C=O) groups excluding carboxylic acids is 1. The minimum absolute atomic E-state index is 0.0926. The van der Waals surface area contributed by atoms with Gasteiger partial charge in [-0.3, -0.25) is 4.79 Å². The summed E-state index contributed by atoms with van der Waals surface area (Å²) in [6.07, 6.45) is 0.867. The zero-order valence-corrected chi connectivity index (χ0v) is 14.8. The number of hydrogen-bond donors (Lipinski definition) is 1. The number of rotatable bonds is 3. The molecular formula is C20H17ClN4O. The Kier molecular flexibility index (Phi) is 4.54. The topological polar surface area (TPSA) is 58.1 Å². The van der Waals surface area contributed by atoms with Gasteiger partial charge in [-0.2, -0.15) is 0 Å². The van der Waals surface area contributed by atoms with Crippen molar-refractivity contribution >= 4 is 29.0 Å². The van der Waals surface area contributed by atoms with E-state index in [-0.39, 0.29) is 5.91 Å². The molecule has 0 spiro atoms. The van der Waals surface area contributed by atoms with Crippen LogP contribution in [0.1, 0.15) is 21.6 Å². The van der Waals surface area contributed by atoms with Gasteiger partial charge in [0.2, 0.25) is 0 Å². The molecule has 1 N–H and O–H groups in total. The minimum Gasteiger partial charge on any atom is -0.339 e. The summed E-state index contributed by atoms with van der Waals surface area (Å²) in [5.74, 6) is 0.484. The van der Waals surface area contributed by atoms with Crippen LogP contribution in [0.5, 0.6) is 0 Å². The normalized spacial score (nSPS) is 13.2. The first-order valence-corrected chi connectivity index (χ1v) is 8.79. The number of anilines is 2. The predicted octanol–water partition coefficient (Wildman–Crippen LogP) is 4.07. The molecule has 0 saturated heterocycles. The molecule has 3 aromatic rings. The molecule has 1 aliphatic heterocycles. The van der Waals surface area contributed by atoms with Gasteiger partial charge in [-0.25, -0.2) is 0 Å². The molecule has 26 heavy (non-hydrogen) atoms. The SMILES string of the molecule is O=C(c1ccc(Nc2ccc(Cl)cc2)nn1)N1CCc2ccccc2C1. The third kappa shape index (κ3) is 3.53. The van der Waals surface area contributed by atoms with E-state index in [0.29, 0.717) is 29.6 Å². The molecule has 0 bridgehead atoms. The third-order valence-electron chi connectivity index (χ3n) is 4.42. The van der Waals surface area contributed by atoms with Gasteiger partial charge in [0.15, 0.2) is 11.5 Å². The van der Waals surface area contributed by atoms with Crippen molar-refractivity contribution in [3.8, 4) is 0 Å². The maximum absolute atomic E-state index is 12.7. The second kappa shape index (κ2) is 7.14. The summed E-state index contributed by atoms with van der Waals surface area (Å²) in [5.41, 5.74) is 3.72. The van der Waals surface area contributed by atoms with Crippen molar-refractivity contribution in [1.82, 2.24) is 15.1 Å². The molecule has 0 saturated carbocycles. The molecule has 1 aromatic heterocycles. The number of nitrogens with zero attached hydrogens (tertiary/aromatic N) is 3. The van der Waals surface area contributed by atoms with E-state index in [1.165, 1.54) is 11.1 Å². The quantitative estimate of drug-likeness (QED) is 0.761. The first-order chi connectivity index (χ1) is 12.7. The summed E-state index contributed by atoms with van der Waals surface area (Å²) >= 11 is 5.88. The Morgan fingerprint density at radius 3 is 2.46 bits per heavy atom. The van der Waals surface area contributed by atoms with Gasteiger partial charge >= 0.3 is 0 Å². The Morgan fingerprint density at radius 1 is 0.962 bits per heavy atom. The van der Waals surface area contributed by atoms with Crippen molar-refractivity contribution < 1.29 is 4.79 Å². The van der Waals surface area contributed by atoms with Gasteiger partial charge < -0.3 is 10.2 Å². The Hall–Kier alpha value is -2.92.